The van der Waals surface area contributed by atoms with Gasteiger partial charge in [-0.05, 0) is 11.6 Å². The van der Waals surface area contributed by atoms with Gasteiger partial charge in [-0.15, -0.1) is 5.10 Å². The third kappa shape index (κ3) is 2.96. The summed E-state index contributed by atoms with van der Waals surface area (Å²) in [6, 6.07) is 7.20. The second kappa shape index (κ2) is 4.64. The van der Waals surface area contributed by atoms with Crippen molar-refractivity contribution in [2.45, 2.75) is 11.6 Å². The van der Waals surface area contributed by atoms with Crippen molar-refractivity contribution in [1.29, 1.82) is 0 Å². The van der Waals surface area contributed by atoms with E-state index in [0.29, 0.717) is 17.3 Å². The van der Waals surface area contributed by atoms with Crippen LogP contribution < -0.4 is 0 Å². The number of aromatic amines is 1. The molecule has 0 aliphatic carbocycles. The smallest absolute Gasteiger partial charge is 0.262 e. The van der Waals surface area contributed by atoms with E-state index < -0.39 is 14.2 Å². The standard InChI is InChI=1S/C9H7Cl2N3O2S/c10-7-4-2-1-3-6(7)5-8-12-9(14-13-8)17(11,15)16/h1-4H,5H2,(H,12,13,14). The van der Waals surface area contributed by atoms with Gasteiger partial charge in [-0.2, -0.15) is 0 Å². The molecule has 0 fully saturated rings. The summed E-state index contributed by atoms with van der Waals surface area (Å²) in [5, 5.41) is 6.17. The van der Waals surface area contributed by atoms with E-state index >= 15 is 0 Å². The van der Waals surface area contributed by atoms with E-state index in [0.717, 1.165) is 5.56 Å². The van der Waals surface area contributed by atoms with Crippen LogP contribution in [0.4, 0.5) is 0 Å². The molecule has 0 aliphatic heterocycles. The van der Waals surface area contributed by atoms with Crippen molar-refractivity contribution in [3.8, 4) is 0 Å². The molecular formula is C9H7Cl2N3O2S. The lowest BCUT2D eigenvalue weighted by Gasteiger charge is -1.99. The molecule has 2 aromatic rings. The van der Waals surface area contributed by atoms with E-state index in [1.165, 1.54) is 0 Å². The van der Waals surface area contributed by atoms with Gasteiger partial charge < -0.3 is 0 Å². The van der Waals surface area contributed by atoms with E-state index in [2.05, 4.69) is 15.2 Å². The number of hydrogen-bond donors (Lipinski definition) is 1. The first kappa shape index (κ1) is 12.3. The molecule has 1 heterocycles. The van der Waals surface area contributed by atoms with Gasteiger partial charge in [0.2, 0.25) is 0 Å². The van der Waals surface area contributed by atoms with E-state index in [1.54, 1.807) is 12.1 Å². The number of rotatable bonds is 3. The minimum Gasteiger partial charge on any atom is -0.262 e. The summed E-state index contributed by atoms with van der Waals surface area (Å²) < 4.78 is 21.9. The first-order chi connectivity index (χ1) is 7.97. The highest BCUT2D eigenvalue weighted by Crippen LogP contribution is 2.18. The van der Waals surface area contributed by atoms with Crippen LogP contribution in [0.2, 0.25) is 5.02 Å². The maximum absolute atomic E-state index is 11.0. The second-order valence-corrected chi connectivity index (χ2v) is 6.14. The molecule has 0 bridgehead atoms. The quantitative estimate of drug-likeness (QED) is 0.878. The highest BCUT2D eigenvalue weighted by atomic mass is 35.7. The number of aromatic nitrogens is 3. The molecule has 0 unspecified atom stereocenters. The molecule has 17 heavy (non-hydrogen) atoms. The fraction of sp³-hybridized carbons (Fsp3) is 0.111. The Kier molecular flexibility index (Phi) is 3.37. The van der Waals surface area contributed by atoms with E-state index in [1.807, 2.05) is 12.1 Å². The second-order valence-electron chi connectivity index (χ2n) is 3.27. The molecule has 0 saturated heterocycles. The van der Waals surface area contributed by atoms with Crippen molar-refractivity contribution >= 4 is 31.3 Å². The summed E-state index contributed by atoms with van der Waals surface area (Å²) in [5.74, 6) is 0.386. The highest BCUT2D eigenvalue weighted by molar-refractivity contribution is 8.13. The van der Waals surface area contributed by atoms with Gasteiger partial charge in [0.05, 0.1) is 0 Å². The third-order valence-corrected chi connectivity index (χ3v) is 3.45. The summed E-state index contributed by atoms with van der Waals surface area (Å²) in [6.45, 7) is 0. The van der Waals surface area contributed by atoms with Crippen LogP contribution in [0.15, 0.2) is 29.4 Å². The van der Waals surface area contributed by atoms with Crippen molar-refractivity contribution in [2.24, 2.45) is 0 Å². The van der Waals surface area contributed by atoms with Crippen molar-refractivity contribution in [1.82, 2.24) is 15.2 Å². The number of H-pyrrole nitrogens is 1. The van der Waals surface area contributed by atoms with Crippen LogP contribution in [0.5, 0.6) is 0 Å². The molecule has 0 spiro atoms. The molecule has 0 atom stereocenters. The molecule has 5 nitrogen and oxygen atoms in total. The fourth-order valence-electron chi connectivity index (χ4n) is 1.29. The van der Waals surface area contributed by atoms with Crippen LogP contribution in [0.3, 0.4) is 0 Å². The number of halogens is 2. The van der Waals surface area contributed by atoms with Crippen LogP contribution in [-0.2, 0) is 15.5 Å². The van der Waals surface area contributed by atoms with Gasteiger partial charge in [-0.25, -0.2) is 13.4 Å². The van der Waals surface area contributed by atoms with Gasteiger partial charge in [0.1, 0.15) is 5.82 Å². The number of benzene rings is 1. The average molecular weight is 292 g/mol. The zero-order valence-electron chi connectivity index (χ0n) is 8.39. The van der Waals surface area contributed by atoms with Crippen molar-refractivity contribution < 1.29 is 8.42 Å². The summed E-state index contributed by atoms with van der Waals surface area (Å²) in [4.78, 5) is 3.77. The minimum atomic E-state index is -3.90. The zero-order chi connectivity index (χ0) is 12.5. The first-order valence-corrected chi connectivity index (χ1v) is 7.25. The molecule has 0 aliphatic rings. The SMILES string of the molecule is O=S(=O)(Cl)c1n[nH]c(Cc2ccccc2Cl)n1. The monoisotopic (exact) mass is 291 g/mol. The molecule has 0 amide bonds. The van der Waals surface area contributed by atoms with Crippen LogP contribution in [-0.4, -0.2) is 23.6 Å². The lowest BCUT2D eigenvalue weighted by atomic mass is 10.1. The molecule has 0 radical (unpaired) electrons. The van der Waals surface area contributed by atoms with Gasteiger partial charge in [-0.3, -0.25) is 5.10 Å². The van der Waals surface area contributed by atoms with E-state index in [9.17, 15) is 8.42 Å². The largest absolute Gasteiger partial charge is 0.298 e. The Morgan fingerprint density at radius 1 is 1.29 bits per heavy atom. The number of nitrogens with one attached hydrogen (secondary N) is 1. The maximum Gasteiger partial charge on any atom is 0.298 e. The number of nitrogens with zero attached hydrogens (tertiary/aromatic N) is 2. The van der Waals surface area contributed by atoms with Crippen molar-refractivity contribution in [3.63, 3.8) is 0 Å². The normalized spacial score (nSPS) is 11.6. The molecule has 1 aromatic carbocycles. The lowest BCUT2D eigenvalue weighted by Crippen LogP contribution is -1.94. The molecule has 1 aromatic heterocycles. The topological polar surface area (TPSA) is 75.7 Å². The highest BCUT2D eigenvalue weighted by Gasteiger charge is 2.16. The molecule has 90 valence electrons. The first-order valence-electron chi connectivity index (χ1n) is 4.56. The molecule has 8 heteroatoms. The Hall–Kier alpha value is -1.11. The van der Waals surface area contributed by atoms with Crippen LogP contribution in [0.1, 0.15) is 11.4 Å². The van der Waals surface area contributed by atoms with Crippen LogP contribution >= 0.6 is 22.3 Å². The fourth-order valence-corrected chi connectivity index (χ4v) is 2.07. The Bertz CT molecular complexity index is 639. The molecular weight excluding hydrogens is 285 g/mol. The Morgan fingerprint density at radius 3 is 2.59 bits per heavy atom. The van der Waals surface area contributed by atoms with Gasteiger partial charge in [0.25, 0.3) is 14.2 Å². The summed E-state index contributed by atoms with van der Waals surface area (Å²) in [7, 11) is 1.21. The van der Waals surface area contributed by atoms with Gasteiger partial charge in [-0.1, -0.05) is 29.8 Å². The van der Waals surface area contributed by atoms with Crippen molar-refractivity contribution in [2.75, 3.05) is 0 Å². The Labute approximate surface area is 107 Å². The minimum absolute atomic E-state index is 0.360. The molecule has 1 N–H and O–H groups in total. The van der Waals surface area contributed by atoms with Gasteiger partial charge in [0, 0.05) is 22.1 Å². The zero-order valence-corrected chi connectivity index (χ0v) is 10.7. The maximum atomic E-state index is 11.0. The summed E-state index contributed by atoms with van der Waals surface area (Å²) in [6.07, 6.45) is 0.360. The summed E-state index contributed by atoms with van der Waals surface area (Å²) >= 11 is 5.96. The third-order valence-electron chi connectivity index (χ3n) is 2.05. The number of hydrogen-bond acceptors (Lipinski definition) is 4. The molecule has 0 saturated carbocycles. The Balaban J connectivity index is 2.26. The Morgan fingerprint density at radius 2 is 2.00 bits per heavy atom. The summed E-state index contributed by atoms with van der Waals surface area (Å²) in [5.41, 5.74) is 0.823. The average Bonchev–Trinajstić information content (AvgIpc) is 2.69. The molecule has 2 rings (SSSR count). The van der Waals surface area contributed by atoms with Gasteiger partial charge >= 0.3 is 0 Å². The predicted octanol–water partition coefficient (Wildman–Crippen LogP) is 1.98. The lowest BCUT2D eigenvalue weighted by molar-refractivity contribution is 0.602. The van der Waals surface area contributed by atoms with Crippen LogP contribution in [0.25, 0.3) is 0 Å². The van der Waals surface area contributed by atoms with Crippen LogP contribution in [0, 0.1) is 0 Å². The van der Waals surface area contributed by atoms with Gasteiger partial charge in [0.15, 0.2) is 0 Å². The van der Waals surface area contributed by atoms with E-state index in [4.69, 9.17) is 22.3 Å². The van der Waals surface area contributed by atoms with Crippen molar-refractivity contribution in [3.05, 3.63) is 40.7 Å². The predicted molar refractivity (Wildman–Crippen MR) is 63.7 cm³/mol. The van der Waals surface area contributed by atoms with E-state index in [-0.39, 0.29) is 0 Å².